The summed E-state index contributed by atoms with van der Waals surface area (Å²) in [6, 6.07) is 11.8. The second kappa shape index (κ2) is 37.6. The number of nitrogen functional groups attached to an aromatic ring is 1. The van der Waals surface area contributed by atoms with Gasteiger partial charge in [0, 0.05) is 51.6 Å². The molecule has 6 N–H and O–H groups in total. The molecule has 6 fully saturated rings. The lowest BCUT2D eigenvalue weighted by Gasteiger charge is -2.32. The molecule has 6 saturated heterocycles. The molecule has 12 heterocycles. The molecule has 3 aromatic carbocycles. The number of piperidine rings is 6. The number of carbonyl (C=O) groups excluding carboxylic acids is 12. The van der Waals surface area contributed by atoms with E-state index in [4.69, 9.17) is 5.73 Å². The van der Waals surface area contributed by atoms with Crippen LogP contribution in [-0.2, 0) is 62.3 Å². The van der Waals surface area contributed by atoms with Gasteiger partial charge in [0.1, 0.15) is 30.5 Å². The van der Waals surface area contributed by atoms with E-state index in [1.807, 2.05) is 6.07 Å². The summed E-state index contributed by atoms with van der Waals surface area (Å²) >= 11 is 0. The lowest BCUT2D eigenvalue weighted by molar-refractivity contribution is -0.386. The summed E-state index contributed by atoms with van der Waals surface area (Å²) in [7, 11) is -3.50. The first-order valence-corrected chi connectivity index (χ1v) is 40.6. The molecule has 37 nitrogen and oxygen atoms in total. The van der Waals surface area contributed by atoms with Gasteiger partial charge in [-0.2, -0.15) is 23.7 Å². The Morgan fingerprint density at radius 1 is 0.458 bits per heavy atom. The molecule has 0 radical (unpaired) electrons. The van der Waals surface area contributed by atoms with E-state index in [2.05, 4.69) is 50.5 Å². The summed E-state index contributed by atoms with van der Waals surface area (Å²) in [5.74, 6) is -6.41. The number of nitro groups is 2. The Morgan fingerprint density at radius 3 is 1.08 bits per heavy atom. The highest BCUT2D eigenvalue weighted by Gasteiger charge is 2.48. The predicted molar refractivity (Wildman–Crippen MR) is 405 cm³/mol. The van der Waals surface area contributed by atoms with Gasteiger partial charge in [0.15, 0.2) is 5.69 Å². The average Bonchev–Trinajstić information content (AvgIpc) is 1.62. The van der Waals surface area contributed by atoms with Gasteiger partial charge in [-0.1, -0.05) is 18.2 Å². The van der Waals surface area contributed by atoms with Crippen LogP contribution in [0.5, 0.6) is 0 Å². The fourth-order valence-corrected chi connectivity index (χ4v) is 16.4. The maximum Gasteiger partial charge on any atom is 0.316 e. The molecule has 0 bridgehead atoms. The fourth-order valence-electron chi connectivity index (χ4n) is 15.9. The molecule has 12 amide bonds. The van der Waals surface area contributed by atoms with Crippen LogP contribution < -0.4 is 27.0 Å². The van der Waals surface area contributed by atoms with E-state index < -0.39 is 151 Å². The van der Waals surface area contributed by atoms with Gasteiger partial charge < -0.3 is 20.9 Å². The standard InChI is InChI=1S/C25H26F2N6O6.C25H28F2N6O4.C17H18N2O7S.C9H12F2N4O2/c26-22(27)21-19(33(38)39)13-31(29-21)15-7-10-30(11-8-15)9-1-2-14-3-4-16-17(12-14)25(37)32(24(16)36)18-5-6-20(34)28-23(18)35;26-22(27)21-18(28)13-32(30-21)15-7-10-31(11-8-15)9-1-2-14-3-4-16-17(12-14)25(37)33(24(16)36)19-5-6-20(34)29-23(19)35;1-27(24,25)26-8-2-3-10-4-5-11-12(9-10)17(23)19(16(11)22)13-6-7-14(20)18-15(13)21;10-9(11)8-7(15(16)17)5-14(13-8)6-1-3-12-4-2-6/h3-4,12-13,15,18,22H,1-2,5-11H2,(H,28,34,35);3-4,12-13,15,19,22H,1-2,5-11,28H2,(H,29,34,35);4-5,9,13H,2-3,6-8H2,1H3,(H,18,20,21);5-6,9,12H,1-4H2. The van der Waals surface area contributed by atoms with E-state index in [1.165, 1.54) is 21.6 Å². The van der Waals surface area contributed by atoms with Crippen molar-refractivity contribution in [2.45, 2.75) is 171 Å². The van der Waals surface area contributed by atoms with Crippen molar-refractivity contribution in [2.75, 3.05) is 71.0 Å². The summed E-state index contributed by atoms with van der Waals surface area (Å²) < 4.78 is 108. The monoisotopic (exact) mass is 1700 g/mol. The van der Waals surface area contributed by atoms with Gasteiger partial charge in [-0.05, 0) is 176 Å². The molecule has 0 saturated carbocycles. The van der Waals surface area contributed by atoms with Crippen LogP contribution in [0.1, 0.15) is 230 Å². The Hall–Kier alpha value is -11.9. The number of hydrogen-bond acceptors (Lipinski definition) is 26. The van der Waals surface area contributed by atoms with Gasteiger partial charge in [-0.15, -0.1) is 0 Å². The molecule has 0 aliphatic carbocycles. The van der Waals surface area contributed by atoms with Gasteiger partial charge in [0.2, 0.25) is 46.8 Å². The van der Waals surface area contributed by atoms with E-state index in [0.717, 1.165) is 128 Å². The Balaban J connectivity index is 0.000000152. The predicted octanol–water partition coefficient (Wildman–Crippen LogP) is 6.12. The van der Waals surface area contributed by atoms with Crippen LogP contribution in [0.4, 0.5) is 43.4 Å². The Kier molecular flexibility index (Phi) is 27.4. The number of benzene rings is 3. The summed E-state index contributed by atoms with van der Waals surface area (Å²) in [5, 5.41) is 42.7. The first-order chi connectivity index (χ1) is 57.1. The van der Waals surface area contributed by atoms with E-state index in [9.17, 15) is 113 Å². The lowest BCUT2D eigenvalue weighted by atomic mass is 10.0. The summed E-state index contributed by atoms with van der Waals surface area (Å²) in [6.45, 7) is 6.12. The number of carbonyl (C=O) groups is 12. The Bertz CT molecular complexity index is 5170. The number of anilines is 1. The van der Waals surface area contributed by atoms with Crippen molar-refractivity contribution in [2.24, 2.45) is 0 Å². The zero-order valence-corrected chi connectivity index (χ0v) is 65.4. The number of halogens is 6. The topological polar surface area (TPSA) is 478 Å². The average molecular weight is 1700 g/mol. The molecule has 0 spiro atoms. The second-order valence-corrected chi connectivity index (χ2v) is 31.7. The number of likely N-dealkylation sites (tertiary alicyclic amines) is 2. The van der Waals surface area contributed by atoms with Crippen LogP contribution in [0.15, 0.2) is 73.2 Å². The fraction of sp³-hybridized carbons (Fsp3) is 0.487. The summed E-state index contributed by atoms with van der Waals surface area (Å²) in [6.07, 6.45) is 4.71. The van der Waals surface area contributed by atoms with E-state index >= 15 is 0 Å². The van der Waals surface area contributed by atoms with Crippen molar-refractivity contribution in [3.05, 3.63) is 161 Å². The van der Waals surface area contributed by atoms with Gasteiger partial charge in [0.05, 0.1) is 79.9 Å². The number of alkyl halides is 6. The molecule has 15 rings (SSSR count). The Morgan fingerprint density at radius 2 is 0.775 bits per heavy atom. The number of fused-ring (bicyclic) bond motifs is 3. The van der Waals surface area contributed by atoms with Gasteiger partial charge in [0.25, 0.3) is 64.8 Å². The molecule has 3 atom stereocenters. The summed E-state index contributed by atoms with van der Waals surface area (Å²) in [5.41, 5.74) is 6.50. The molecular formula is C76H84F6N18O19S. The number of nitrogens with one attached hydrogen (secondary N) is 4. The molecule has 3 unspecified atom stereocenters. The number of aryl methyl sites for hydroxylation is 3. The minimum atomic E-state index is -3.50. The SMILES string of the molecule is CS(=O)(=O)OCCCc1ccc2c(c1)C(=O)N(C1CCC(=O)NC1=O)C2=O.Nc1cn(C2CCN(CCCc3ccc4c(c3)C(=O)N(C3CCC(=O)NC3=O)C4=O)CC2)nc1C(F)F.O=C1CCC(N2C(=O)c3ccc(CCCN4CCC(n5cc([N+](=O)[O-])c(C(F)F)n5)CC4)cc3C2=O)C(=O)N1.O=[N+]([O-])c1cn(C2CCNCC2)nc1C(F)F. The van der Waals surface area contributed by atoms with Crippen LogP contribution in [0.3, 0.4) is 0 Å². The molecular weight excluding hydrogens is 1610 g/mol. The number of aromatic nitrogens is 6. The van der Waals surface area contributed by atoms with Crippen LogP contribution >= 0.6 is 0 Å². The van der Waals surface area contributed by atoms with Crippen LogP contribution in [-0.4, -0.2) is 226 Å². The normalized spacial score (nSPS) is 20.2. The molecule has 640 valence electrons. The highest BCUT2D eigenvalue weighted by atomic mass is 32.2. The van der Waals surface area contributed by atoms with Crippen molar-refractivity contribution in [1.82, 2.24) is 75.1 Å². The van der Waals surface area contributed by atoms with Crippen LogP contribution in [0.2, 0.25) is 0 Å². The number of nitrogens with zero attached hydrogens (tertiary/aromatic N) is 13. The highest BCUT2D eigenvalue weighted by Crippen LogP contribution is 2.37. The number of amides is 12. The molecule has 3 aromatic heterocycles. The maximum atomic E-state index is 13.1. The first kappa shape index (κ1) is 87.4. The maximum absolute atomic E-state index is 13.1. The van der Waals surface area contributed by atoms with E-state index in [-0.39, 0.29) is 108 Å². The third-order valence-corrected chi connectivity index (χ3v) is 22.7. The number of hydrogen-bond donors (Lipinski definition) is 5. The molecule has 120 heavy (non-hydrogen) atoms. The zero-order chi connectivity index (χ0) is 86.3. The van der Waals surface area contributed by atoms with E-state index in [1.54, 1.807) is 47.1 Å². The van der Waals surface area contributed by atoms with Crippen LogP contribution in [0, 0.1) is 20.2 Å². The third-order valence-electron chi connectivity index (χ3n) is 22.1. The lowest BCUT2D eigenvalue weighted by Crippen LogP contribution is -2.54. The van der Waals surface area contributed by atoms with Gasteiger partial charge >= 0.3 is 11.4 Å². The minimum Gasteiger partial charge on any atom is -0.396 e. The number of nitrogens with two attached hydrogens (primary N) is 1. The zero-order valence-electron chi connectivity index (χ0n) is 64.5. The molecule has 9 aliphatic rings. The van der Waals surface area contributed by atoms with Crippen molar-refractivity contribution < 1.29 is 106 Å². The van der Waals surface area contributed by atoms with E-state index in [0.29, 0.717) is 51.6 Å². The van der Waals surface area contributed by atoms with Gasteiger partial charge in [-0.3, -0.25) is 127 Å². The smallest absolute Gasteiger partial charge is 0.316 e. The Labute approximate surface area is 679 Å². The third kappa shape index (κ3) is 20.0. The van der Waals surface area contributed by atoms with Crippen molar-refractivity contribution in [1.29, 1.82) is 0 Å². The number of imide groups is 6. The van der Waals surface area contributed by atoms with Crippen molar-refractivity contribution in [3.8, 4) is 0 Å². The van der Waals surface area contributed by atoms with Crippen molar-refractivity contribution in [3.63, 3.8) is 0 Å². The largest absolute Gasteiger partial charge is 0.396 e. The van der Waals surface area contributed by atoms with Gasteiger partial charge in [-0.25, -0.2) is 26.3 Å². The second-order valence-electron chi connectivity index (χ2n) is 30.1. The molecule has 9 aliphatic heterocycles. The minimum absolute atomic E-state index is 0.0190. The van der Waals surface area contributed by atoms with Crippen molar-refractivity contribution >= 4 is 98.1 Å². The number of rotatable bonds is 24. The quantitative estimate of drug-likeness (QED) is 0.0114. The molecule has 44 heteroatoms. The summed E-state index contributed by atoms with van der Waals surface area (Å²) in [4.78, 5) is 175. The first-order valence-electron chi connectivity index (χ1n) is 38.8. The highest BCUT2D eigenvalue weighted by molar-refractivity contribution is 7.86. The molecule has 6 aromatic rings. The van der Waals surface area contributed by atoms with Crippen LogP contribution in [0.25, 0.3) is 0 Å².